The highest BCUT2D eigenvalue weighted by atomic mass is 16.3. The van der Waals surface area contributed by atoms with Gasteiger partial charge < -0.3 is 10.0 Å². The van der Waals surface area contributed by atoms with Gasteiger partial charge in [0.05, 0.1) is 11.2 Å². The van der Waals surface area contributed by atoms with E-state index in [2.05, 4.69) is 4.98 Å². The third kappa shape index (κ3) is 2.07. The molecule has 1 fully saturated rings. The summed E-state index contributed by atoms with van der Waals surface area (Å²) in [5.41, 5.74) is 0.616. The van der Waals surface area contributed by atoms with E-state index in [1.54, 1.807) is 30.2 Å². The molecular formula is C12H16N2O2. The monoisotopic (exact) mass is 220 g/mol. The van der Waals surface area contributed by atoms with Crippen LogP contribution >= 0.6 is 0 Å². The molecule has 1 saturated heterocycles. The van der Waals surface area contributed by atoms with Crippen molar-refractivity contribution < 1.29 is 9.90 Å². The fourth-order valence-electron chi connectivity index (χ4n) is 2.00. The van der Waals surface area contributed by atoms with Gasteiger partial charge in [0, 0.05) is 25.0 Å². The Morgan fingerprint density at radius 1 is 1.62 bits per heavy atom. The molecule has 16 heavy (non-hydrogen) atoms. The number of amides is 1. The molecule has 0 aliphatic carbocycles. The van der Waals surface area contributed by atoms with E-state index in [1.807, 2.05) is 6.92 Å². The van der Waals surface area contributed by atoms with Crippen molar-refractivity contribution in [1.82, 2.24) is 9.88 Å². The molecule has 1 unspecified atom stereocenters. The highest BCUT2D eigenvalue weighted by Gasteiger charge is 2.34. The van der Waals surface area contributed by atoms with Gasteiger partial charge in [0.2, 0.25) is 0 Å². The second kappa shape index (κ2) is 3.87. The number of hydrogen-bond donors (Lipinski definition) is 1. The summed E-state index contributed by atoms with van der Waals surface area (Å²) in [6.07, 6.45) is 2.31. The van der Waals surface area contributed by atoms with E-state index in [0.717, 1.165) is 5.69 Å². The summed E-state index contributed by atoms with van der Waals surface area (Å²) >= 11 is 0. The Labute approximate surface area is 94.9 Å². The van der Waals surface area contributed by atoms with Crippen molar-refractivity contribution >= 4 is 5.91 Å². The van der Waals surface area contributed by atoms with E-state index < -0.39 is 5.60 Å². The van der Waals surface area contributed by atoms with Gasteiger partial charge in [-0.2, -0.15) is 0 Å². The molecule has 4 nitrogen and oxygen atoms in total. The van der Waals surface area contributed by atoms with Gasteiger partial charge >= 0.3 is 0 Å². The lowest BCUT2D eigenvalue weighted by molar-refractivity contribution is 0.0571. The van der Waals surface area contributed by atoms with Crippen molar-refractivity contribution in [2.45, 2.75) is 25.9 Å². The Bertz CT molecular complexity index is 415. The van der Waals surface area contributed by atoms with Gasteiger partial charge in [0.25, 0.3) is 5.91 Å². The smallest absolute Gasteiger partial charge is 0.255 e. The number of pyridine rings is 1. The summed E-state index contributed by atoms with van der Waals surface area (Å²) in [6, 6.07) is 3.53. The fourth-order valence-corrected chi connectivity index (χ4v) is 2.00. The van der Waals surface area contributed by atoms with Crippen LogP contribution in [0.1, 0.15) is 29.4 Å². The van der Waals surface area contributed by atoms with Gasteiger partial charge in [-0.1, -0.05) is 0 Å². The lowest BCUT2D eigenvalue weighted by Gasteiger charge is -2.19. The van der Waals surface area contributed by atoms with Gasteiger partial charge in [0.15, 0.2) is 0 Å². The Kier molecular flexibility index (Phi) is 2.68. The Hall–Kier alpha value is -1.42. The zero-order valence-corrected chi connectivity index (χ0v) is 9.60. The Balaban J connectivity index is 2.18. The molecule has 1 aromatic rings. The molecule has 1 N–H and O–H groups in total. The molecule has 0 spiro atoms. The average molecular weight is 220 g/mol. The minimum absolute atomic E-state index is 0.0385. The summed E-state index contributed by atoms with van der Waals surface area (Å²) < 4.78 is 0. The number of aryl methyl sites for hydroxylation is 1. The van der Waals surface area contributed by atoms with Crippen LogP contribution in [0.3, 0.4) is 0 Å². The number of aromatic nitrogens is 1. The molecule has 1 atom stereocenters. The van der Waals surface area contributed by atoms with Crippen molar-refractivity contribution in [3.8, 4) is 0 Å². The maximum Gasteiger partial charge on any atom is 0.255 e. The van der Waals surface area contributed by atoms with Gasteiger partial charge in [0.1, 0.15) is 0 Å². The minimum atomic E-state index is -0.744. The van der Waals surface area contributed by atoms with Crippen LogP contribution in [-0.4, -0.2) is 39.6 Å². The summed E-state index contributed by atoms with van der Waals surface area (Å²) in [5.74, 6) is -0.0385. The zero-order valence-electron chi connectivity index (χ0n) is 9.60. The number of carbonyl (C=O) groups is 1. The predicted octanol–water partition coefficient (Wildman–Crippen LogP) is 0.987. The van der Waals surface area contributed by atoms with Crippen LogP contribution in [-0.2, 0) is 0 Å². The number of nitrogens with zero attached hydrogens (tertiary/aromatic N) is 2. The topological polar surface area (TPSA) is 53.4 Å². The first-order valence-electron chi connectivity index (χ1n) is 5.43. The first kappa shape index (κ1) is 11.1. The molecule has 2 rings (SSSR count). The zero-order chi connectivity index (χ0) is 11.8. The number of carbonyl (C=O) groups excluding carboxylic acids is 1. The van der Waals surface area contributed by atoms with E-state index >= 15 is 0 Å². The molecule has 0 radical (unpaired) electrons. The Morgan fingerprint density at radius 2 is 2.38 bits per heavy atom. The number of likely N-dealkylation sites (tertiary alicyclic amines) is 1. The molecule has 2 heterocycles. The Morgan fingerprint density at radius 3 is 2.94 bits per heavy atom. The summed E-state index contributed by atoms with van der Waals surface area (Å²) in [7, 11) is 0. The van der Waals surface area contributed by atoms with E-state index in [1.165, 1.54) is 0 Å². The second-order valence-corrected chi connectivity index (χ2v) is 4.61. The van der Waals surface area contributed by atoms with Crippen LogP contribution in [0.25, 0.3) is 0 Å². The maximum absolute atomic E-state index is 12.1. The first-order chi connectivity index (χ1) is 7.49. The molecule has 1 aromatic heterocycles. The van der Waals surface area contributed by atoms with Crippen molar-refractivity contribution in [2.75, 3.05) is 13.1 Å². The van der Waals surface area contributed by atoms with Crippen molar-refractivity contribution in [1.29, 1.82) is 0 Å². The largest absolute Gasteiger partial charge is 0.388 e. The van der Waals surface area contributed by atoms with Crippen LogP contribution in [0, 0.1) is 6.92 Å². The highest BCUT2D eigenvalue weighted by molar-refractivity contribution is 5.95. The minimum Gasteiger partial charge on any atom is -0.388 e. The van der Waals surface area contributed by atoms with Gasteiger partial charge in [-0.05, 0) is 32.4 Å². The van der Waals surface area contributed by atoms with E-state index in [-0.39, 0.29) is 5.91 Å². The molecule has 0 bridgehead atoms. The second-order valence-electron chi connectivity index (χ2n) is 4.61. The van der Waals surface area contributed by atoms with Gasteiger partial charge in [-0.25, -0.2) is 0 Å². The average Bonchev–Trinajstić information content (AvgIpc) is 2.59. The lowest BCUT2D eigenvalue weighted by Crippen LogP contribution is -2.34. The molecule has 0 saturated carbocycles. The fraction of sp³-hybridized carbons (Fsp3) is 0.500. The molecular weight excluding hydrogens is 204 g/mol. The maximum atomic E-state index is 12.1. The van der Waals surface area contributed by atoms with Crippen LogP contribution in [0.2, 0.25) is 0 Å². The molecule has 0 aromatic carbocycles. The number of β-amino-alcohol motifs (C(OH)–C–C–N with tert-alkyl or cyclic N) is 1. The standard InChI is InChI=1S/C12H16N2O2/c1-9-10(4-3-6-13-9)11(15)14-7-5-12(2,16)8-14/h3-4,6,16H,5,7-8H2,1-2H3. The van der Waals surface area contributed by atoms with Crippen molar-refractivity contribution in [3.63, 3.8) is 0 Å². The SMILES string of the molecule is Cc1ncccc1C(=O)N1CCC(C)(O)C1. The molecule has 1 aliphatic heterocycles. The van der Waals surface area contributed by atoms with E-state index in [4.69, 9.17) is 0 Å². The third-order valence-corrected chi connectivity index (χ3v) is 2.98. The predicted molar refractivity (Wildman–Crippen MR) is 60.1 cm³/mol. The third-order valence-electron chi connectivity index (χ3n) is 2.98. The van der Waals surface area contributed by atoms with Crippen LogP contribution in [0.5, 0.6) is 0 Å². The van der Waals surface area contributed by atoms with E-state index in [0.29, 0.717) is 25.1 Å². The van der Waals surface area contributed by atoms with Crippen LogP contribution in [0.15, 0.2) is 18.3 Å². The molecule has 4 heteroatoms. The summed E-state index contributed by atoms with van der Waals surface area (Å²) in [5, 5.41) is 9.82. The lowest BCUT2D eigenvalue weighted by atomic mass is 10.1. The number of aliphatic hydroxyl groups is 1. The molecule has 1 amide bonds. The summed E-state index contributed by atoms with van der Waals surface area (Å²) in [4.78, 5) is 17.9. The number of hydrogen-bond acceptors (Lipinski definition) is 3. The normalized spacial score (nSPS) is 24.8. The highest BCUT2D eigenvalue weighted by Crippen LogP contribution is 2.22. The van der Waals surface area contributed by atoms with Crippen molar-refractivity contribution in [3.05, 3.63) is 29.6 Å². The van der Waals surface area contributed by atoms with Gasteiger partial charge in [-0.15, -0.1) is 0 Å². The quantitative estimate of drug-likeness (QED) is 0.767. The van der Waals surface area contributed by atoms with E-state index in [9.17, 15) is 9.90 Å². The molecule has 1 aliphatic rings. The van der Waals surface area contributed by atoms with Crippen molar-refractivity contribution in [2.24, 2.45) is 0 Å². The summed E-state index contributed by atoms with van der Waals surface area (Å²) in [6.45, 7) is 4.60. The first-order valence-corrected chi connectivity index (χ1v) is 5.43. The van der Waals surface area contributed by atoms with Crippen LogP contribution < -0.4 is 0 Å². The van der Waals surface area contributed by atoms with Crippen LogP contribution in [0.4, 0.5) is 0 Å². The molecule has 86 valence electrons. The van der Waals surface area contributed by atoms with Gasteiger partial charge in [-0.3, -0.25) is 9.78 Å². The number of rotatable bonds is 1.